The molecule has 0 spiro atoms. The van der Waals surface area contributed by atoms with Gasteiger partial charge in [-0.3, -0.25) is 10.1 Å². The lowest BCUT2D eigenvalue weighted by Gasteiger charge is -2.20. The van der Waals surface area contributed by atoms with Crippen molar-refractivity contribution in [3.63, 3.8) is 0 Å². The van der Waals surface area contributed by atoms with E-state index in [1.807, 2.05) is 6.20 Å². The summed E-state index contributed by atoms with van der Waals surface area (Å²) in [4.78, 5) is 15.9. The van der Waals surface area contributed by atoms with E-state index in [1.165, 1.54) is 5.01 Å². The lowest BCUT2D eigenvalue weighted by molar-refractivity contribution is -0.384. The van der Waals surface area contributed by atoms with Crippen LogP contribution < -0.4 is 5.32 Å². The fourth-order valence-corrected chi connectivity index (χ4v) is 3.52. The van der Waals surface area contributed by atoms with Crippen LogP contribution in [0.1, 0.15) is 23.8 Å². The van der Waals surface area contributed by atoms with E-state index in [2.05, 4.69) is 10.3 Å². The average molecular weight is 326 g/mol. The number of rotatable bonds is 3. The van der Waals surface area contributed by atoms with E-state index < -0.39 is 0 Å². The highest BCUT2D eigenvalue weighted by molar-refractivity contribution is 7.15. The van der Waals surface area contributed by atoms with E-state index in [-0.39, 0.29) is 23.0 Å². The van der Waals surface area contributed by atoms with Crippen LogP contribution in [0.5, 0.6) is 0 Å². The smallest absolute Gasteiger partial charge is 0.269 e. The first-order valence-corrected chi connectivity index (χ1v) is 7.47. The third-order valence-electron chi connectivity index (χ3n) is 3.57. The monoisotopic (exact) mass is 325 g/mol. The molecule has 1 fully saturated rings. The Balaban J connectivity index is 0.00000161. The zero-order valence-electron chi connectivity index (χ0n) is 11.3. The Morgan fingerprint density at radius 1 is 1.24 bits per heavy atom. The predicted molar refractivity (Wildman–Crippen MR) is 86.3 cm³/mol. The molecule has 0 aliphatic carbocycles. The Kier molecular flexibility index (Phi) is 5.27. The number of piperidine rings is 1. The molecule has 21 heavy (non-hydrogen) atoms. The molecule has 0 unspecified atom stereocenters. The maximum absolute atomic E-state index is 10.6. The molecule has 0 amide bonds. The van der Waals surface area contributed by atoms with Gasteiger partial charge in [-0.2, -0.15) is 0 Å². The first-order valence-electron chi connectivity index (χ1n) is 6.65. The average Bonchev–Trinajstić information content (AvgIpc) is 2.98. The molecule has 5 nitrogen and oxygen atoms in total. The molecule has 7 heteroatoms. The van der Waals surface area contributed by atoms with Crippen LogP contribution in [0.4, 0.5) is 5.69 Å². The van der Waals surface area contributed by atoms with Gasteiger partial charge in [-0.1, -0.05) is 0 Å². The number of benzene rings is 1. The normalized spacial score (nSPS) is 15.4. The number of thiazole rings is 1. The van der Waals surface area contributed by atoms with Crippen LogP contribution in [-0.2, 0) is 0 Å². The van der Waals surface area contributed by atoms with Crippen molar-refractivity contribution in [2.45, 2.75) is 18.8 Å². The highest BCUT2D eigenvalue weighted by Crippen LogP contribution is 2.34. The van der Waals surface area contributed by atoms with Gasteiger partial charge in [-0.05, 0) is 43.6 Å². The number of hydrogen-bond donors (Lipinski definition) is 1. The maximum Gasteiger partial charge on any atom is 0.269 e. The minimum absolute atomic E-state index is 0. The molecular weight excluding hydrogens is 310 g/mol. The predicted octanol–water partition coefficient (Wildman–Crippen LogP) is 3.61. The molecule has 112 valence electrons. The van der Waals surface area contributed by atoms with Crippen LogP contribution in [0.25, 0.3) is 10.4 Å². The molecule has 0 bridgehead atoms. The van der Waals surface area contributed by atoms with Crippen molar-refractivity contribution in [3.05, 3.63) is 45.6 Å². The molecule has 1 aliphatic heterocycles. The molecule has 2 heterocycles. The summed E-state index contributed by atoms with van der Waals surface area (Å²) >= 11 is 1.70. The first-order chi connectivity index (χ1) is 9.74. The van der Waals surface area contributed by atoms with Crippen molar-refractivity contribution < 1.29 is 4.92 Å². The molecule has 1 aromatic carbocycles. The largest absolute Gasteiger partial charge is 0.317 e. The van der Waals surface area contributed by atoms with E-state index in [0.717, 1.165) is 36.4 Å². The van der Waals surface area contributed by atoms with Crippen LogP contribution in [0.2, 0.25) is 0 Å². The fraction of sp³-hybridized carbons (Fsp3) is 0.357. The van der Waals surface area contributed by atoms with Gasteiger partial charge in [0.15, 0.2) is 0 Å². The van der Waals surface area contributed by atoms with Crippen molar-refractivity contribution in [1.82, 2.24) is 10.3 Å². The Hall–Kier alpha value is -1.50. The first kappa shape index (κ1) is 15.9. The summed E-state index contributed by atoms with van der Waals surface area (Å²) in [6.07, 6.45) is 4.14. The van der Waals surface area contributed by atoms with E-state index >= 15 is 0 Å². The number of nitrogens with one attached hydrogen (secondary N) is 1. The van der Waals surface area contributed by atoms with Crippen LogP contribution >= 0.6 is 23.7 Å². The number of halogens is 1. The number of nitrogens with zero attached hydrogens (tertiary/aromatic N) is 2. The summed E-state index contributed by atoms with van der Waals surface area (Å²) in [6.45, 7) is 2.11. The lowest BCUT2D eigenvalue weighted by atomic mass is 9.99. The Bertz CT molecular complexity index is 609. The molecule has 2 aromatic rings. The van der Waals surface area contributed by atoms with Gasteiger partial charge >= 0.3 is 0 Å². The number of hydrogen-bond acceptors (Lipinski definition) is 5. The molecule has 0 atom stereocenters. The van der Waals surface area contributed by atoms with Gasteiger partial charge in [0.05, 0.1) is 14.8 Å². The maximum atomic E-state index is 10.6. The van der Waals surface area contributed by atoms with Gasteiger partial charge in [0.1, 0.15) is 0 Å². The molecule has 0 saturated carbocycles. The molecule has 1 aliphatic rings. The highest BCUT2D eigenvalue weighted by Gasteiger charge is 2.18. The van der Waals surface area contributed by atoms with Gasteiger partial charge < -0.3 is 5.32 Å². The third kappa shape index (κ3) is 3.58. The van der Waals surface area contributed by atoms with E-state index in [1.54, 1.807) is 35.6 Å². The van der Waals surface area contributed by atoms with Crippen molar-refractivity contribution in [1.29, 1.82) is 0 Å². The van der Waals surface area contributed by atoms with Gasteiger partial charge in [-0.25, -0.2) is 4.98 Å². The van der Waals surface area contributed by atoms with Gasteiger partial charge in [-0.15, -0.1) is 23.7 Å². The second-order valence-corrected chi connectivity index (χ2v) is 5.95. The summed E-state index contributed by atoms with van der Waals surface area (Å²) in [5, 5.41) is 15.2. The number of non-ortho nitro benzene ring substituents is 1. The molecule has 0 radical (unpaired) electrons. The van der Waals surface area contributed by atoms with Gasteiger partial charge in [0.25, 0.3) is 5.69 Å². The number of nitro groups is 1. The molecular formula is C14H16ClN3O2S. The quantitative estimate of drug-likeness (QED) is 0.691. The second kappa shape index (κ2) is 6.98. The Labute approximate surface area is 133 Å². The highest BCUT2D eigenvalue weighted by atomic mass is 35.5. The van der Waals surface area contributed by atoms with Crippen molar-refractivity contribution in [2.24, 2.45) is 0 Å². The summed E-state index contributed by atoms with van der Waals surface area (Å²) in [5.41, 5.74) is 1.12. The van der Waals surface area contributed by atoms with E-state index in [9.17, 15) is 10.1 Å². The molecule has 1 saturated heterocycles. The van der Waals surface area contributed by atoms with Crippen molar-refractivity contribution >= 4 is 29.4 Å². The summed E-state index contributed by atoms with van der Waals surface area (Å²) < 4.78 is 0. The van der Waals surface area contributed by atoms with Crippen LogP contribution in [0.15, 0.2) is 30.5 Å². The summed E-state index contributed by atoms with van der Waals surface area (Å²) in [7, 11) is 0. The van der Waals surface area contributed by atoms with Crippen LogP contribution in [0.3, 0.4) is 0 Å². The van der Waals surface area contributed by atoms with Gasteiger partial charge in [0, 0.05) is 24.2 Å². The minimum Gasteiger partial charge on any atom is -0.317 e. The molecule has 3 rings (SSSR count). The lowest BCUT2D eigenvalue weighted by Crippen LogP contribution is -2.26. The topological polar surface area (TPSA) is 68.1 Å². The third-order valence-corrected chi connectivity index (χ3v) is 4.78. The SMILES string of the molecule is Cl.O=[N+]([O-])c1ccc(-c2cnc(C3CCNCC3)s2)cc1. The zero-order chi connectivity index (χ0) is 13.9. The standard InChI is InChI=1S/C14H15N3O2S.ClH/c18-17(19)12-3-1-10(2-4-12)13-9-16-14(20-13)11-5-7-15-8-6-11;/h1-4,9,11,15H,5-8H2;1H. The Morgan fingerprint density at radius 3 is 2.52 bits per heavy atom. The second-order valence-electron chi connectivity index (χ2n) is 4.89. The van der Waals surface area contributed by atoms with Crippen molar-refractivity contribution in [3.8, 4) is 10.4 Å². The number of aromatic nitrogens is 1. The zero-order valence-corrected chi connectivity index (χ0v) is 13.0. The van der Waals surface area contributed by atoms with E-state index in [4.69, 9.17) is 0 Å². The van der Waals surface area contributed by atoms with E-state index in [0.29, 0.717) is 5.92 Å². The minimum atomic E-state index is -0.378. The van der Waals surface area contributed by atoms with Crippen molar-refractivity contribution in [2.75, 3.05) is 13.1 Å². The fourth-order valence-electron chi connectivity index (χ4n) is 2.43. The Morgan fingerprint density at radius 2 is 1.90 bits per heavy atom. The van der Waals surface area contributed by atoms with Crippen LogP contribution in [-0.4, -0.2) is 23.0 Å². The molecule has 1 aromatic heterocycles. The molecule has 1 N–H and O–H groups in total. The number of nitro benzene ring substituents is 1. The summed E-state index contributed by atoms with van der Waals surface area (Å²) in [6, 6.07) is 6.66. The van der Waals surface area contributed by atoms with Crippen LogP contribution in [0, 0.1) is 10.1 Å². The van der Waals surface area contributed by atoms with Gasteiger partial charge in [0.2, 0.25) is 0 Å². The summed E-state index contributed by atoms with van der Waals surface area (Å²) in [5.74, 6) is 0.549.